The third kappa shape index (κ3) is 2.25. The molecule has 76 valence electrons. The van der Waals surface area contributed by atoms with Gasteiger partial charge in [0.25, 0.3) is 0 Å². The van der Waals surface area contributed by atoms with Crippen molar-refractivity contribution in [2.24, 2.45) is 0 Å². The molecule has 0 fully saturated rings. The van der Waals surface area contributed by atoms with Crippen LogP contribution in [0.5, 0.6) is 5.75 Å². The highest BCUT2D eigenvalue weighted by atomic mass is 79.9. The summed E-state index contributed by atoms with van der Waals surface area (Å²) in [6.45, 7) is 0. The van der Waals surface area contributed by atoms with Crippen LogP contribution in [-0.4, -0.2) is 18.2 Å². The lowest BCUT2D eigenvalue weighted by Gasteiger charge is -2.05. The molecule has 5 heteroatoms. The van der Waals surface area contributed by atoms with E-state index < -0.39 is 5.82 Å². The van der Waals surface area contributed by atoms with Gasteiger partial charge in [-0.15, -0.1) is 0 Å². The molecule has 0 saturated heterocycles. The van der Waals surface area contributed by atoms with Crippen molar-refractivity contribution >= 4 is 33.3 Å². The maximum atomic E-state index is 13.3. The number of hydrogen-bond donors (Lipinski definition) is 0. The highest BCUT2D eigenvalue weighted by Crippen LogP contribution is 2.27. The molecular weight excluding hydrogens is 274 g/mol. The molecule has 0 spiro atoms. The molecule has 0 saturated carbocycles. The first-order valence-corrected chi connectivity index (χ1v) is 5.22. The number of carbonyl (C=O) groups excluding carboxylic acids is 1. The fraction of sp³-hybridized carbons (Fsp3) is 0.222. The first-order valence-electron chi connectivity index (χ1n) is 3.72. The summed E-state index contributed by atoms with van der Waals surface area (Å²) in [5.74, 6) is -0.766. The zero-order valence-corrected chi connectivity index (χ0v) is 9.65. The van der Waals surface area contributed by atoms with Gasteiger partial charge in [-0.2, -0.15) is 0 Å². The highest BCUT2D eigenvalue weighted by molar-refractivity contribution is 9.09. The Morgan fingerprint density at radius 3 is 2.79 bits per heavy atom. The lowest BCUT2D eigenvalue weighted by molar-refractivity contribution is 0.102. The van der Waals surface area contributed by atoms with Gasteiger partial charge in [0.2, 0.25) is 0 Å². The van der Waals surface area contributed by atoms with E-state index in [1.165, 1.54) is 13.2 Å². The van der Waals surface area contributed by atoms with E-state index in [1.807, 2.05) is 0 Å². The normalized spacial score (nSPS) is 10.0. The average Bonchev–Trinajstić information content (AvgIpc) is 2.19. The van der Waals surface area contributed by atoms with Gasteiger partial charge >= 0.3 is 0 Å². The zero-order valence-electron chi connectivity index (χ0n) is 7.31. The highest BCUT2D eigenvalue weighted by Gasteiger charge is 2.14. The SMILES string of the molecule is COc1cc(F)c(C(=O)CBr)cc1Cl. The van der Waals surface area contributed by atoms with E-state index in [0.29, 0.717) is 0 Å². The van der Waals surface area contributed by atoms with E-state index in [0.717, 1.165) is 6.07 Å². The topological polar surface area (TPSA) is 26.3 Å². The second-order valence-corrected chi connectivity index (χ2v) is 3.49. The predicted octanol–water partition coefficient (Wildman–Crippen LogP) is 3.07. The van der Waals surface area contributed by atoms with Crippen LogP contribution in [0.2, 0.25) is 5.02 Å². The summed E-state index contributed by atoms with van der Waals surface area (Å²) in [5, 5.41) is 0.283. The number of benzene rings is 1. The van der Waals surface area contributed by atoms with E-state index >= 15 is 0 Å². The Morgan fingerprint density at radius 1 is 1.64 bits per heavy atom. The largest absolute Gasteiger partial charge is 0.495 e. The maximum Gasteiger partial charge on any atom is 0.176 e. The molecule has 0 radical (unpaired) electrons. The Morgan fingerprint density at radius 2 is 2.29 bits per heavy atom. The smallest absolute Gasteiger partial charge is 0.176 e. The Bertz CT molecular complexity index is 368. The molecule has 0 amide bonds. The molecule has 0 unspecified atom stereocenters. The molecule has 1 aromatic rings. The lowest BCUT2D eigenvalue weighted by Crippen LogP contribution is -2.04. The van der Waals surface area contributed by atoms with Gasteiger partial charge in [-0.25, -0.2) is 4.39 Å². The molecule has 1 rings (SSSR count). The minimum Gasteiger partial charge on any atom is -0.495 e. The molecule has 0 aromatic heterocycles. The zero-order chi connectivity index (χ0) is 10.7. The van der Waals surface area contributed by atoms with Crippen LogP contribution in [0.25, 0.3) is 0 Å². The summed E-state index contributed by atoms with van der Waals surface area (Å²) in [4.78, 5) is 11.2. The van der Waals surface area contributed by atoms with Crippen LogP contribution in [0.1, 0.15) is 10.4 Å². The first-order chi connectivity index (χ1) is 6.60. The average molecular weight is 282 g/mol. The summed E-state index contributed by atoms with van der Waals surface area (Å²) in [7, 11) is 1.38. The molecule has 2 nitrogen and oxygen atoms in total. The second kappa shape index (κ2) is 4.75. The summed E-state index contributed by atoms with van der Waals surface area (Å²) in [6.07, 6.45) is 0. The Kier molecular flexibility index (Phi) is 3.89. The molecule has 14 heavy (non-hydrogen) atoms. The number of carbonyl (C=O) groups is 1. The Balaban J connectivity index is 3.21. The number of ether oxygens (including phenoxy) is 1. The third-order valence-corrected chi connectivity index (χ3v) is 2.47. The fourth-order valence-electron chi connectivity index (χ4n) is 0.971. The van der Waals surface area contributed by atoms with E-state index in [-0.39, 0.29) is 27.4 Å². The molecule has 0 heterocycles. The number of alkyl halides is 1. The van der Waals surface area contributed by atoms with Crippen LogP contribution in [0.4, 0.5) is 4.39 Å². The first kappa shape index (κ1) is 11.5. The molecule has 0 aliphatic carbocycles. The van der Waals surface area contributed by atoms with Gasteiger partial charge in [-0.05, 0) is 6.07 Å². The van der Waals surface area contributed by atoms with E-state index in [2.05, 4.69) is 15.9 Å². The number of halogens is 3. The monoisotopic (exact) mass is 280 g/mol. The van der Waals surface area contributed by atoms with Crippen molar-refractivity contribution in [3.8, 4) is 5.75 Å². The van der Waals surface area contributed by atoms with Crippen molar-refractivity contribution < 1.29 is 13.9 Å². The number of hydrogen-bond acceptors (Lipinski definition) is 2. The van der Waals surface area contributed by atoms with Gasteiger partial charge < -0.3 is 4.74 Å². The second-order valence-electron chi connectivity index (χ2n) is 2.52. The van der Waals surface area contributed by atoms with Crippen LogP contribution >= 0.6 is 27.5 Å². The third-order valence-electron chi connectivity index (χ3n) is 1.66. The molecule has 0 aliphatic heterocycles. The van der Waals surface area contributed by atoms with E-state index in [9.17, 15) is 9.18 Å². The molecular formula is C9H7BrClFO2. The Labute approximate surface area is 94.1 Å². The van der Waals surface area contributed by atoms with Crippen LogP contribution in [0.3, 0.4) is 0 Å². The fourth-order valence-corrected chi connectivity index (χ4v) is 1.51. The van der Waals surface area contributed by atoms with Gasteiger partial charge in [0.15, 0.2) is 5.78 Å². The van der Waals surface area contributed by atoms with E-state index in [1.54, 1.807) is 0 Å². The van der Waals surface area contributed by atoms with Crippen molar-refractivity contribution in [2.45, 2.75) is 0 Å². The van der Waals surface area contributed by atoms with Crippen LogP contribution < -0.4 is 4.74 Å². The number of Topliss-reactive ketones (excluding diaryl/α,β-unsaturated/α-hetero) is 1. The van der Waals surface area contributed by atoms with Crippen LogP contribution in [-0.2, 0) is 0 Å². The molecule has 0 bridgehead atoms. The summed E-state index contributed by atoms with van der Waals surface area (Å²) < 4.78 is 18.1. The van der Waals surface area contributed by atoms with Crippen LogP contribution in [0, 0.1) is 5.82 Å². The molecule has 1 aromatic carbocycles. The minimum atomic E-state index is -0.629. The number of methoxy groups -OCH3 is 1. The van der Waals surface area contributed by atoms with Crippen LogP contribution in [0.15, 0.2) is 12.1 Å². The van der Waals surface area contributed by atoms with Gasteiger partial charge in [0.05, 0.1) is 23.0 Å². The van der Waals surface area contributed by atoms with Crippen molar-refractivity contribution in [3.63, 3.8) is 0 Å². The van der Waals surface area contributed by atoms with Gasteiger partial charge in [-0.3, -0.25) is 4.79 Å². The maximum absolute atomic E-state index is 13.3. The summed E-state index contributed by atoms with van der Waals surface area (Å²) >= 11 is 8.70. The van der Waals surface area contributed by atoms with Gasteiger partial charge in [0.1, 0.15) is 11.6 Å². The summed E-state index contributed by atoms with van der Waals surface area (Å²) in [5.41, 5.74) is -0.0346. The van der Waals surface area contributed by atoms with Gasteiger partial charge in [-0.1, -0.05) is 27.5 Å². The summed E-state index contributed by atoms with van der Waals surface area (Å²) in [6, 6.07) is 2.36. The number of rotatable bonds is 3. The molecule has 0 aliphatic rings. The minimum absolute atomic E-state index is 0.0346. The van der Waals surface area contributed by atoms with Crippen molar-refractivity contribution in [2.75, 3.05) is 12.4 Å². The predicted molar refractivity (Wildman–Crippen MR) is 56.1 cm³/mol. The standard InChI is InChI=1S/C9H7BrClFO2/c1-14-9-3-7(12)5(2-6(9)11)8(13)4-10/h2-3H,4H2,1H3. The van der Waals surface area contributed by atoms with E-state index in [4.69, 9.17) is 16.3 Å². The Hall–Kier alpha value is -0.610. The lowest BCUT2D eigenvalue weighted by atomic mass is 10.1. The number of ketones is 1. The van der Waals surface area contributed by atoms with Crippen molar-refractivity contribution in [1.29, 1.82) is 0 Å². The molecule has 0 atom stereocenters. The van der Waals surface area contributed by atoms with Gasteiger partial charge in [0, 0.05) is 6.07 Å². The quantitative estimate of drug-likeness (QED) is 0.629. The van der Waals surface area contributed by atoms with Crippen molar-refractivity contribution in [1.82, 2.24) is 0 Å². The molecule has 0 N–H and O–H groups in total. The van der Waals surface area contributed by atoms with Crippen molar-refractivity contribution in [3.05, 3.63) is 28.5 Å².